The van der Waals surface area contributed by atoms with Crippen molar-refractivity contribution in [2.75, 3.05) is 42.5 Å². The van der Waals surface area contributed by atoms with Crippen molar-refractivity contribution in [3.05, 3.63) is 53.7 Å². The number of aromatic nitrogens is 1. The van der Waals surface area contributed by atoms with Gasteiger partial charge in [-0.25, -0.2) is 4.98 Å². The second kappa shape index (κ2) is 8.20. The molecule has 2 heterocycles. The van der Waals surface area contributed by atoms with Crippen molar-refractivity contribution >= 4 is 23.3 Å². The Balaban J connectivity index is 1.65. The summed E-state index contributed by atoms with van der Waals surface area (Å²) in [5, 5.41) is 0. The highest BCUT2D eigenvalue weighted by molar-refractivity contribution is 5.98. The van der Waals surface area contributed by atoms with Crippen LogP contribution in [0.2, 0.25) is 0 Å². The Morgan fingerprint density at radius 2 is 1.81 bits per heavy atom. The molecule has 0 saturated carbocycles. The molecule has 6 nitrogen and oxygen atoms in total. The van der Waals surface area contributed by atoms with Crippen molar-refractivity contribution in [1.82, 2.24) is 9.88 Å². The molecule has 6 heteroatoms. The Morgan fingerprint density at radius 1 is 1.07 bits per heavy atom. The molecule has 1 saturated heterocycles. The predicted octanol–water partition coefficient (Wildman–Crippen LogP) is 2.40. The number of nitrogens with zero attached hydrogens (tertiary/aromatic N) is 4. The quantitative estimate of drug-likeness (QED) is 0.834. The van der Waals surface area contributed by atoms with Gasteiger partial charge in [0.15, 0.2) is 0 Å². The third-order valence-electron chi connectivity index (χ3n) is 4.93. The molecule has 1 aromatic heterocycles. The lowest BCUT2D eigenvalue weighted by atomic mass is 10.1. The Kier molecular flexibility index (Phi) is 5.74. The molecule has 0 aliphatic carbocycles. The molecule has 1 aliphatic rings. The molecule has 1 fully saturated rings. The fourth-order valence-electron chi connectivity index (χ4n) is 3.34. The van der Waals surface area contributed by atoms with Gasteiger partial charge in [0.05, 0.1) is 0 Å². The first-order valence-electron chi connectivity index (χ1n) is 9.25. The van der Waals surface area contributed by atoms with E-state index < -0.39 is 0 Å². The Morgan fingerprint density at radius 3 is 2.44 bits per heavy atom. The first kappa shape index (κ1) is 18.9. The molecule has 0 atom stereocenters. The van der Waals surface area contributed by atoms with Crippen LogP contribution in [0.25, 0.3) is 0 Å². The second-order valence-electron chi connectivity index (χ2n) is 6.95. The van der Waals surface area contributed by atoms with Crippen LogP contribution in [0.4, 0.5) is 11.5 Å². The van der Waals surface area contributed by atoms with Crippen LogP contribution in [0, 0.1) is 13.8 Å². The molecule has 0 unspecified atom stereocenters. The zero-order valence-corrected chi connectivity index (χ0v) is 16.2. The summed E-state index contributed by atoms with van der Waals surface area (Å²) in [6, 6.07) is 11.8. The van der Waals surface area contributed by atoms with Crippen molar-refractivity contribution in [3.8, 4) is 0 Å². The van der Waals surface area contributed by atoms with Gasteiger partial charge in [0, 0.05) is 45.0 Å². The number of hydrogen-bond donors (Lipinski definition) is 0. The van der Waals surface area contributed by atoms with E-state index in [1.807, 2.05) is 55.1 Å². The van der Waals surface area contributed by atoms with Gasteiger partial charge in [-0.2, -0.15) is 0 Å². The SMILES string of the molecule is CC(=O)N(CC(=O)N1CCN(c2ccccn2)CC1)c1cc(C)ccc1C. The lowest BCUT2D eigenvalue weighted by molar-refractivity contribution is -0.131. The van der Waals surface area contributed by atoms with Crippen molar-refractivity contribution in [3.63, 3.8) is 0 Å². The Hall–Kier alpha value is -2.89. The van der Waals surface area contributed by atoms with E-state index in [0.717, 1.165) is 35.7 Å². The van der Waals surface area contributed by atoms with Crippen LogP contribution in [0.3, 0.4) is 0 Å². The standard InChI is InChI=1S/C21H26N4O2/c1-16-7-8-17(2)19(14-16)25(18(3)26)15-21(27)24-12-10-23(11-13-24)20-6-4-5-9-22-20/h4-9,14H,10-13,15H2,1-3H3. The maximum Gasteiger partial charge on any atom is 0.242 e. The van der Waals surface area contributed by atoms with Gasteiger partial charge in [-0.05, 0) is 43.2 Å². The van der Waals surface area contributed by atoms with Gasteiger partial charge in [0.25, 0.3) is 0 Å². The van der Waals surface area contributed by atoms with Crippen molar-refractivity contribution in [1.29, 1.82) is 0 Å². The van der Waals surface area contributed by atoms with E-state index in [1.165, 1.54) is 6.92 Å². The molecule has 2 aromatic rings. The van der Waals surface area contributed by atoms with Gasteiger partial charge in [-0.1, -0.05) is 18.2 Å². The number of carbonyl (C=O) groups is 2. The summed E-state index contributed by atoms with van der Waals surface area (Å²) in [5.41, 5.74) is 2.87. The summed E-state index contributed by atoms with van der Waals surface area (Å²) >= 11 is 0. The first-order valence-corrected chi connectivity index (χ1v) is 9.25. The molecular formula is C21H26N4O2. The molecular weight excluding hydrogens is 340 g/mol. The van der Waals surface area contributed by atoms with Gasteiger partial charge in [0.1, 0.15) is 12.4 Å². The average Bonchev–Trinajstić information content (AvgIpc) is 2.68. The first-order chi connectivity index (χ1) is 13.0. The molecule has 0 N–H and O–H groups in total. The summed E-state index contributed by atoms with van der Waals surface area (Å²) in [7, 11) is 0. The number of piperazine rings is 1. The maximum absolute atomic E-state index is 12.8. The molecule has 1 aliphatic heterocycles. The number of anilines is 2. The third kappa shape index (κ3) is 4.45. The number of carbonyl (C=O) groups excluding carboxylic acids is 2. The normalized spacial score (nSPS) is 14.2. The van der Waals surface area contributed by atoms with Crippen molar-refractivity contribution in [2.45, 2.75) is 20.8 Å². The zero-order chi connectivity index (χ0) is 19.4. The molecule has 27 heavy (non-hydrogen) atoms. The number of hydrogen-bond acceptors (Lipinski definition) is 4. The monoisotopic (exact) mass is 366 g/mol. The largest absolute Gasteiger partial charge is 0.353 e. The number of pyridine rings is 1. The number of aryl methyl sites for hydroxylation is 2. The lowest BCUT2D eigenvalue weighted by Crippen LogP contribution is -2.52. The summed E-state index contributed by atoms with van der Waals surface area (Å²) in [5.74, 6) is 0.793. The molecule has 1 aromatic carbocycles. The van der Waals surface area contributed by atoms with Crippen molar-refractivity contribution < 1.29 is 9.59 Å². The van der Waals surface area contributed by atoms with Crippen LogP contribution in [-0.2, 0) is 9.59 Å². The Labute approximate surface area is 160 Å². The highest BCUT2D eigenvalue weighted by atomic mass is 16.2. The molecule has 3 rings (SSSR count). The highest BCUT2D eigenvalue weighted by Gasteiger charge is 2.25. The summed E-state index contributed by atoms with van der Waals surface area (Å²) in [4.78, 5) is 35.0. The molecule has 2 amide bonds. The average molecular weight is 366 g/mol. The minimum absolute atomic E-state index is 0.0215. The highest BCUT2D eigenvalue weighted by Crippen LogP contribution is 2.22. The van der Waals surface area contributed by atoms with Gasteiger partial charge in [-0.15, -0.1) is 0 Å². The minimum Gasteiger partial charge on any atom is -0.353 e. The van der Waals surface area contributed by atoms with Gasteiger partial charge >= 0.3 is 0 Å². The van der Waals surface area contributed by atoms with E-state index in [4.69, 9.17) is 0 Å². The van der Waals surface area contributed by atoms with E-state index in [2.05, 4.69) is 9.88 Å². The molecule has 0 bridgehead atoms. The predicted molar refractivity (Wildman–Crippen MR) is 107 cm³/mol. The third-order valence-corrected chi connectivity index (χ3v) is 4.93. The molecule has 142 valence electrons. The van der Waals surface area contributed by atoms with E-state index in [-0.39, 0.29) is 18.4 Å². The maximum atomic E-state index is 12.8. The van der Waals surface area contributed by atoms with Crippen molar-refractivity contribution in [2.24, 2.45) is 0 Å². The number of benzene rings is 1. The lowest BCUT2D eigenvalue weighted by Gasteiger charge is -2.36. The van der Waals surface area contributed by atoms with E-state index in [1.54, 1.807) is 11.1 Å². The fraction of sp³-hybridized carbons (Fsp3) is 0.381. The molecule has 0 spiro atoms. The molecule has 0 radical (unpaired) electrons. The topological polar surface area (TPSA) is 56.8 Å². The second-order valence-corrected chi connectivity index (χ2v) is 6.95. The summed E-state index contributed by atoms with van der Waals surface area (Å²) < 4.78 is 0. The van der Waals surface area contributed by atoms with Gasteiger partial charge < -0.3 is 14.7 Å². The van der Waals surface area contributed by atoms with E-state index in [9.17, 15) is 9.59 Å². The summed E-state index contributed by atoms with van der Waals surface area (Å²) in [6.07, 6.45) is 1.78. The van der Waals surface area contributed by atoms with Crippen LogP contribution in [0.15, 0.2) is 42.6 Å². The van der Waals surface area contributed by atoms with Crippen LogP contribution < -0.4 is 9.80 Å². The van der Waals surface area contributed by atoms with E-state index >= 15 is 0 Å². The van der Waals surface area contributed by atoms with Gasteiger partial charge in [0.2, 0.25) is 11.8 Å². The van der Waals surface area contributed by atoms with Crippen LogP contribution in [0.1, 0.15) is 18.1 Å². The van der Waals surface area contributed by atoms with Crippen LogP contribution >= 0.6 is 0 Å². The fourth-order valence-corrected chi connectivity index (χ4v) is 3.34. The van der Waals surface area contributed by atoms with Gasteiger partial charge in [-0.3, -0.25) is 9.59 Å². The summed E-state index contributed by atoms with van der Waals surface area (Å²) in [6.45, 7) is 8.28. The number of rotatable bonds is 4. The number of amides is 2. The van der Waals surface area contributed by atoms with E-state index in [0.29, 0.717) is 13.1 Å². The van der Waals surface area contributed by atoms with Crippen LogP contribution in [-0.4, -0.2) is 54.4 Å². The van der Waals surface area contributed by atoms with Crippen LogP contribution in [0.5, 0.6) is 0 Å². The minimum atomic E-state index is -0.121. The zero-order valence-electron chi connectivity index (χ0n) is 16.2. The smallest absolute Gasteiger partial charge is 0.242 e. The Bertz CT molecular complexity index is 814.